The van der Waals surface area contributed by atoms with Gasteiger partial charge in [0.25, 0.3) is 0 Å². The maximum atomic E-state index is 8.60. The predicted octanol–water partition coefficient (Wildman–Crippen LogP) is -0.156. The van der Waals surface area contributed by atoms with Gasteiger partial charge in [0.05, 0.1) is 0 Å². The average molecular weight is 293 g/mol. The number of hydrogen-bond acceptors (Lipinski definition) is 4. The molecule has 0 rings (SSSR count). The van der Waals surface area contributed by atoms with Crippen LogP contribution in [-0.4, -0.2) is 11.7 Å². The summed E-state index contributed by atoms with van der Waals surface area (Å²) in [4.78, 5) is 0. The fourth-order valence-corrected chi connectivity index (χ4v) is 0. The molecule has 1 N–H and O–H groups in total. The van der Waals surface area contributed by atoms with Crippen molar-refractivity contribution in [1.82, 2.24) is 0 Å². The number of rotatable bonds is 1. The summed E-state index contributed by atoms with van der Waals surface area (Å²) < 4.78 is 25.8. The van der Waals surface area contributed by atoms with E-state index in [0.29, 0.717) is 0 Å². The van der Waals surface area contributed by atoms with Crippen molar-refractivity contribution in [2.24, 2.45) is 0 Å². The summed E-state index contributed by atoms with van der Waals surface area (Å²) in [5.74, 6) is 0. The molecule has 0 saturated heterocycles. The third-order valence-electron chi connectivity index (χ3n) is 0.183. The third-order valence-corrected chi connectivity index (χ3v) is 0.183. The van der Waals surface area contributed by atoms with Gasteiger partial charge in [0.2, 0.25) is 0 Å². The fourth-order valence-electron chi connectivity index (χ4n) is 0. The van der Waals surface area contributed by atoms with Crippen LogP contribution in [0.1, 0.15) is 6.92 Å². The van der Waals surface area contributed by atoms with Gasteiger partial charge < -0.3 is 11.5 Å². The van der Waals surface area contributed by atoms with E-state index in [4.69, 9.17) is 15.5 Å². The van der Waals surface area contributed by atoms with E-state index in [-0.39, 0.29) is 6.61 Å². The van der Waals surface area contributed by atoms with Crippen LogP contribution < -0.4 is 0 Å². The van der Waals surface area contributed by atoms with Gasteiger partial charge in [-0.25, -0.2) is 0 Å². The summed E-state index contributed by atoms with van der Waals surface area (Å²) in [5, 5.41) is 7.82. The molecule has 0 aromatic carbocycles. The van der Waals surface area contributed by atoms with Crippen molar-refractivity contribution in [2.75, 3.05) is 6.61 Å². The molecule has 8 heavy (non-hydrogen) atoms. The first-order valence-corrected chi connectivity index (χ1v) is 5.09. The van der Waals surface area contributed by atoms with E-state index < -0.39 is 16.6 Å². The van der Waals surface area contributed by atoms with E-state index in [0.717, 1.165) is 0 Å². The Kier molecular flexibility index (Phi) is 13.8. The molecule has 0 aliphatic carbocycles. The minimum absolute atomic E-state index is 0.194. The Bertz CT molecular complexity index is 100. The zero-order valence-corrected chi connectivity index (χ0v) is 7.05. The van der Waals surface area contributed by atoms with E-state index >= 15 is 0 Å². The fraction of sp³-hybridized carbons (Fsp3) is 0.667. The Balaban J connectivity index is 0. The van der Waals surface area contributed by atoms with Crippen molar-refractivity contribution in [3.05, 3.63) is 6.42 Å². The summed E-state index contributed by atoms with van der Waals surface area (Å²) in [6.45, 7) is 2.00. The van der Waals surface area contributed by atoms with E-state index in [1.54, 1.807) is 13.3 Å². The van der Waals surface area contributed by atoms with E-state index in [2.05, 4.69) is 0 Å². The van der Waals surface area contributed by atoms with Gasteiger partial charge in [0.1, 0.15) is 0 Å². The number of aliphatic hydroxyl groups excluding tert-OH is 1. The summed E-state index contributed by atoms with van der Waals surface area (Å²) in [7, 11) is 0. The average Bonchev–Trinajstić information content (AvgIpc) is 1.65. The summed E-state index contributed by atoms with van der Waals surface area (Å²) in [6.07, 6.45) is 1.68. The van der Waals surface area contributed by atoms with Crippen molar-refractivity contribution in [3.8, 4) is 0 Å². The molecule has 5 heteroatoms. The summed E-state index contributed by atoms with van der Waals surface area (Å²) >= 11 is -4.21. The van der Waals surface area contributed by atoms with Crippen molar-refractivity contribution in [3.63, 3.8) is 0 Å². The molecule has 0 aromatic heterocycles. The van der Waals surface area contributed by atoms with Crippen LogP contribution in [0.5, 0.6) is 0 Å². The number of hydrogen-bond donors (Lipinski definition) is 1. The van der Waals surface area contributed by atoms with Gasteiger partial charge in [-0.05, 0) is 0 Å². The SMILES string of the molecule is C[CH-]CO.[O]=[Re](=[O])=[O]. The van der Waals surface area contributed by atoms with Crippen LogP contribution in [0.2, 0.25) is 0 Å². The molecule has 0 saturated carbocycles. The zero-order valence-electron chi connectivity index (χ0n) is 4.33. The molecule has 0 bridgehead atoms. The van der Waals surface area contributed by atoms with Gasteiger partial charge in [0.15, 0.2) is 0 Å². The second-order valence-electron chi connectivity index (χ2n) is 0.780. The Morgan fingerprint density at radius 1 is 1.50 bits per heavy atom. The molecular weight excluding hydrogens is 286 g/mol. The summed E-state index contributed by atoms with van der Waals surface area (Å²) in [6, 6.07) is 0. The second kappa shape index (κ2) is 10.1. The van der Waals surface area contributed by atoms with Gasteiger partial charge in [-0.1, -0.05) is 6.61 Å². The van der Waals surface area contributed by atoms with Gasteiger partial charge in [-0.2, -0.15) is 6.92 Å². The first-order valence-electron chi connectivity index (χ1n) is 1.76. The molecule has 0 amide bonds. The van der Waals surface area contributed by atoms with Crippen molar-refractivity contribution in [1.29, 1.82) is 0 Å². The molecule has 0 atom stereocenters. The molecule has 0 aromatic rings. The van der Waals surface area contributed by atoms with Gasteiger partial charge >= 0.3 is 27.0 Å². The van der Waals surface area contributed by atoms with Crippen LogP contribution in [0.4, 0.5) is 0 Å². The molecule has 0 aliphatic heterocycles. The molecule has 0 fully saturated rings. The Labute approximate surface area is 52.7 Å². The summed E-state index contributed by atoms with van der Waals surface area (Å²) in [5.41, 5.74) is 0. The minimum atomic E-state index is -4.21. The Morgan fingerprint density at radius 3 is 1.62 bits per heavy atom. The first-order chi connectivity index (χ1) is 3.65. The van der Waals surface area contributed by atoms with Gasteiger partial charge in [0, 0.05) is 0 Å². The van der Waals surface area contributed by atoms with Gasteiger partial charge in [-0.15, -0.1) is 0 Å². The molecule has 0 spiro atoms. The van der Waals surface area contributed by atoms with Gasteiger partial charge in [-0.3, -0.25) is 0 Å². The maximum absolute atomic E-state index is 8.60. The van der Waals surface area contributed by atoms with Crippen LogP contribution in [0.25, 0.3) is 0 Å². The molecular formula is C3H7O4Re-. The third kappa shape index (κ3) is 145. The standard InChI is InChI=1S/C3H7O.3O.Re/c1-2-3-4;;;;/h2,4H,3H2,1H3;;;;/q-1;;;;. The monoisotopic (exact) mass is 294 g/mol. The molecule has 0 radical (unpaired) electrons. The van der Waals surface area contributed by atoms with Crippen molar-refractivity contribution in [2.45, 2.75) is 6.92 Å². The molecule has 51 valence electrons. The molecule has 4 nitrogen and oxygen atoms in total. The normalized spacial score (nSPS) is 6.75. The van der Waals surface area contributed by atoms with Crippen LogP contribution in [0.15, 0.2) is 0 Å². The quantitative estimate of drug-likeness (QED) is 0.682. The molecule has 0 aliphatic rings. The van der Waals surface area contributed by atoms with Crippen LogP contribution in [0.3, 0.4) is 0 Å². The Morgan fingerprint density at radius 2 is 1.62 bits per heavy atom. The topological polar surface area (TPSA) is 71.4 Å². The van der Waals surface area contributed by atoms with Crippen molar-refractivity contribution >= 4 is 0 Å². The van der Waals surface area contributed by atoms with E-state index in [1.165, 1.54) is 0 Å². The molecule has 0 heterocycles. The zero-order chi connectivity index (χ0) is 6.99. The first kappa shape index (κ1) is 10.9. The Hall–Kier alpha value is 0.0223. The van der Waals surface area contributed by atoms with Crippen molar-refractivity contribution < 1.29 is 32.1 Å². The van der Waals surface area contributed by atoms with Crippen LogP contribution in [0, 0.1) is 6.42 Å². The predicted molar refractivity (Wildman–Crippen MR) is 19.1 cm³/mol. The second-order valence-corrected chi connectivity index (χ2v) is 2.14. The molecule has 0 unspecified atom stereocenters. The number of aliphatic hydroxyl groups is 1. The van der Waals surface area contributed by atoms with Crippen LogP contribution >= 0.6 is 0 Å². The van der Waals surface area contributed by atoms with E-state index in [1.807, 2.05) is 0 Å². The van der Waals surface area contributed by atoms with Crippen LogP contribution in [-0.2, 0) is 27.0 Å². The van der Waals surface area contributed by atoms with E-state index in [9.17, 15) is 0 Å².